The van der Waals surface area contributed by atoms with E-state index in [1.807, 2.05) is 48.5 Å². The third-order valence-electron chi connectivity index (χ3n) is 15.1. The fraction of sp³-hybridized carbons (Fsp3) is 0.0625. The third kappa shape index (κ3) is 5.97. The van der Waals surface area contributed by atoms with Gasteiger partial charge in [0.15, 0.2) is 0 Å². The number of hydrogen-bond donors (Lipinski definition) is 0. The highest BCUT2D eigenvalue weighted by molar-refractivity contribution is 6.22. The van der Waals surface area contributed by atoms with Gasteiger partial charge in [0.05, 0.1) is 46.5 Å². The van der Waals surface area contributed by atoms with E-state index in [9.17, 15) is 42.1 Å². The normalized spacial score (nSPS) is 17.4. The van der Waals surface area contributed by atoms with Gasteiger partial charge >= 0.3 is 0 Å². The fourth-order valence-electron chi connectivity index (χ4n) is 12.3. The minimum absolute atomic E-state index is 0.00609. The Morgan fingerprint density at radius 1 is 0.319 bits per heavy atom. The minimum atomic E-state index is -0.450. The highest BCUT2D eigenvalue weighted by atomic mass is 14.5. The Kier molecular flexibility index (Phi) is 9.71. The van der Waals surface area contributed by atoms with Crippen LogP contribution in [0.1, 0.15) is 90.4 Å². The van der Waals surface area contributed by atoms with Crippen molar-refractivity contribution in [2.45, 2.75) is 23.7 Å². The molecule has 0 amide bonds. The van der Waals surface area contributed by atoms with Gasteiger partial charge in [0.2, 0.25) is 0 Å². The Morgan fingerprint density at radius 3 is 0.972 bits per heavy atom. The van der Waals surface area contributed by atoms with Crippen LogP contribution in [-0.2, 0) is 0 Å². The number of benzene rings is 8. The van der Waals surface area contributed by atoms with Crippen molar-refractivity contribution < 1.29 is 0 Å². The van der Waals surface area contributed by atoms with Gasteiger partial charge in [-0.15, -0.1) is 0 Å². The molecule has 0 aliphatic heterocycles. The molecule has 0 heterocycles. The summed E-state index contributed by atoms with van der Waals surface area (Å²) >= 11 is 0. The summed E-state index contributed by atoms with van der Waals surface area (Å²) in [7, 11) is 0. The summed E-state index contributed by atoms with van der Waals surface area (Å²) in [5, 5.41) is 85.6. The molecule has 8 nitrogen and oxygen atoms in total. The maximum atomic E-state index is 10.6. The second-order valence-electron chi connectivity index (χ2n) is 18.2. The molecule has 4 unspecified atom stereocenters. The number of hydrogen-bond acceptors (Lipinski definition) is 8. The Morgan fingerprint density at radius 2 is 0.653 bits per heavy atom. The van der Waals surface area contributed by atoms with E-state index in [-0.39, 0.29) is 23.0 Å². The summed E-state index contributed by atoms with van der Waals surface area (Å²) in [5.41, 5.74) is 16.2. The average molecular weight is 911 g/mol. The number of nitriles is 8. The molecule has 72 heavy (non-hydrogen) atoms. The van der Waals surface area contributed by atoms with Crippen LogP contribution in [0.2, 0.25) is 0 Å². The topological polar surface area (TPSA) is 190 Å². The molecule has 326 valence electrons. The molecule has 0 aromatic heterocycles. The van der Waals surface area contributed by atoms with Gasteiger partial charge in [-0.3, -0.25) is 0 Å². The van der Waals surface area contributed by atoms with E-state index in [0.29, 0.717) is 33.4 Å². The lowest BCUT2D eigenvalue weighted by atomic mass is 9.78. The highest BCUT2D eigenvalue weighted by Gasteiger charge is 2.49. The van der Waals surface area contributed by atoms with Crippen LogP contribution in [0.4, 0.5) is 0 Å². The van der Waals surface area contributed by atoms with Crippen LogP contribution >= 0.6 is 0 Å². The first-order valence-corrected chi connectivity index (χ1v) is 23.1. The van der Waals surface area contributed by atoms with Crippen LogP contribution in [0.25, 0.3) is 55.0 Å². The van der Waals surface area contributed by atoms with Gasteiger partial charge < -0.3 is 0 Å². The van der Waals surface area contributed by atoms with E-state index >= 15 is 0 Å². The Bertz CT molecular complexity index is 3970. The van der Waals surface area contributed by atoms with Crippen molar-refractivity contribution in [1.82, 2.24) is 0 Å². The van der Waals surface area contributed by atoms with Crippen molar-refractivity contribution in [2.24, 2.45) is 0 Å². The molecule has 0 N–H and O–H groups in total. The smallest absolute Gasteiger partial charge is 0.134 e. The monoisotopic (exact) mass is 910 g/mol. The zero-order chi connectivity index (χ0) is 49.4. The summed E-state index contributed by atoms with van der Waals surface area (Å²) in [4.78, 5) is 0. The molecule has 4 aliphatic carbocycles. The maximum absolute atomic E-state index is 10.6. The quantitative estimate of drug-likeness (QED) is 0.152. The Balaban J connectivity index is 1.12. The van der Waals surface area contributed by atoms with Crippen molar-refractivity contribution in [3.63, 3.8) is 0 Å². The zero-order valence-electron chi connectivity index (χ0n) is 37.9. The molecule has 12 rings (SSSR count). The predicted octanol–water partition coefficient (Wildman–Crippen LogP) is 13.4. The average Bonchev–Trinajstić information content (AvgIpc) is 4.17. The molecule has 4 aliphatic rings. The Hall–Kier alpha value is -10.8. The molecule has 0 fully saturated rings. The summed E-state index contributed by atoms with van der Waals surface area (Å²) < 4.78 is 0. The molecular formula is C64H30N8. The van der Waals surface area contributed by atoms with E-state index in [2.05, 4.69) is 109 Å². The first-order valence-electron chi connectivity index (χ1n) is 23.1. The van der Waals surface area contributed by atoms with Gasteiger partial charge in [-0.25, -0.2) is 0 Å². The number of allylic oxidation sites excluding steroid dienone is 8. The summed E-state index contributed by atoms with van der Waals surface area (Å²) in [6.45, 7) is 0. The van der Waals surface area contributed by atoms with Gasteiger partial charge in [-0.05, 0) is 159 Å². The molecule has 8 aromatic rings. The van der Waals surface area contributed by atoms with Crippen LogP contribution < -0.4 is 0 Å². The second-order valence-corrected chi connectivity index (χ2v) is 18.2. The van der Waals surface area contributed by atoms with Crippen LogP contribution in [-0.4, -0.2) is 0 Å². The zero-order valence-corrected chi connectivity index (χ0v) is 37.9. The molecule has 0 spiro atoms. The molecule has 8 heteroatoms. The molecule has 0 saturated carbocycles. The Labute approximate surface area is 414 Å². The fourth-order valence-corrected chi connectivity index (χ4v) is 12.3. The van der Waals surface area contributed by atoms with Gasteiger partial charge in [-0.2, -0.15) is 42.1 Å². The van der Waals surface area contributed by atoms with Crippen molar-refractivity contribution in [3.8, 4) is 59.7 Å². The highest BCUT2D eigenvalue weighted by Crippen LogP contribution is 2.67. The van der Waals surface area contributed by atoms with Gasteiger partial charge in [0.25, 0.3) is 0 Å². The lowest BCUT2D eigenvalue weighted by Crippen LogP contribution is -2.09. The van der Waals surface area contributed by atoms with E-state index in [1.165, 1.54) is 0 Å². The van der Waals surface area contributed by atoms with Gasteiger partial charge in [-0.1, -0.05) is 109 Å². The molecule has 0 saturated heterocycles. The lowest BCUT2D eigenvalue weighted by Gasteiger charge is -2.24. The first kappa shape index (κ1) is 42.5. The van der Waals surface area contributed by atoms with Crippen molar-refractivity contribution in [2.75, 3.05) is 0 Å². The molecule has 0 radical (unpaired) electrons. The minimum Gasteiger partial charge on any atom is -0.192 e. The summed E-state index contributed by atoms with van der Waals surface area (Å²) in [6, 6.07) is 68.4. The van der Waals surface area contributed by atoms with Crippen LogP contribution in [0.3, 0.4) is 0 Å². The van der Waals surface area contributed by atoms with E-state index < -0.39 is 11.8 Å². The van der Waals surface area contributed by atoms with Crippen LogP contribution in [0.5, 0.6) is 0 Å². The van der Waals surface area contributed by atoms with Crippen LogP contribution in [0.15, 0.2) is 180 Å². The molecule has 0 bridgehead atoms. The SMILES string of the molecule is N#CC(C#N)=C1C(c2ccc(C#N)cc2)=C2c3cccc4c(-c5ccc6c7c(cccc57)C5=C(c7ccc(C#N)cc7)C(=C(C#N)C#N)C(c7ccc(C#N)cc7)C56)ccc(c34)C2C1c1ccc(C#N)cc1. The molecular weight excluding hydrogens is 881 g/mol. The largest absolute Gasteiger partial charge is 0.192 e. The van der Waals surface area contributed by atoms with E-state index in [4.69, 9.17) is 0 Å². The number of nitrogens with zero attached hydrogens (tertiary/aromatic N) is 8. The number of rotatable bonds is 5. The first-order chi connectivity index (χ1) is 35.4. The predicted molar refractivity (Wildman–Crippen MR) is 273 cm³/mol. The second kappa shape index (κ2) is 16.4. The molecule has 8 aromatic carbocycles. The van der Waals surface area contributed by atoms with E-state index in [0.717, 1.165) is 99.5 Å². The lowest BCUT2D eigenvalue weighted by molar-refractivity contribution is 0.768. The van der Waals surface area contributed by atoms with Crippen molar-refractivity contribution >= 4 is 43.8 Å². The summed E-state index contributed by atoms with van der Waals surface area (Å²) in [6.07, 6.45) is 0. The van der Waals surface area contributed by atoms with E-state index in [1.54, 1.807) is 48.5 Å². The van der Waals surface area contributed by atoms with Gasteiger partial charge in [0.1, 0.15) is 35.4 Å². The third-order valence-corrected chi connectivity index (χ3v) is 15.1. The van der Waals surface area contributed by atoms with Crippen LogP contribution in [0, 0.1) is 90.6 Å². The maximum Gasteiger partial charge on any atom is 0.134 e. The number of fused-ring (bicyclic) bond motifs is 6. The summed E-state index contributed by atoms with van der Waals surface area (Å²) in [5.74, 6) is -1.49. The van der Waals surface area contributed by atoms with Crippen molar-refractivity contribution in [3.05, 3.63) is 247 Å². The molecule has 4 atom stereocenters. The van der Waals surface area contributed by atoms with Crippen molar-refractivity contribution in [1.29, 1.82) is 42.1 Å². The standard InChI is InChI=1S/C64H30N8/c65-27-35-7-15-39(16-8-35)53-57(43(31-69)32-70)55(41-19-11-37(29-67)12-20-41)63-51-25-23-45(47-3-1-5-49(59(47)51)61(53)63)46-24-26-52-60-48(46)4-2-6-50(60)62-54(40-17-9-36(28-66)10-18-40)58(44(33-71)34-72)56(64(52)62)42-21-13-38(30-68)14-22-42/h1-26,55-56,63-64H. The van der Waals surface area contributed by atoms with Gasteiger partial charge in [0, 0.05) is 23.7 Å².